The van der Waals surface area contributed by atoms with Crippen LogP contribution in [0.3, 0.4) is 0 Å². The van der Waals surface area contributed by atoms with E-state index < -0.39 is 16.6 Å². The first kappa shape index (κ1) is 33.7. The normalized spacial score (nSPS) is 33.0. The fraction of sp³-hybridized carbons (Fsp3) is 0.800. The van der Waals surface area contributed by atoms with Gasteiger partial charge in [-0.3, -0.25) is 0 Å². The van der Waals surface area contributed by atoms with Crippen LogP contribution in [-0.2, 0) is 13.6 Å². The van der Waals surface area contributed by atoms with Gasteiger partial charge in [-0.2, -0.15) is 0 Å². The minimum Gasteiger partial charge on any atom is -0.413 e. The Morgan fingerprint density at radius 1 is 0.900 bits per heavy atom. The fourth-order valence-corrected chi connectivity index (χ4v) is 9.98. The minimum atomic E-state index is -1.98. The summed E-state index contributed by atoms with van der Waals surface area (Å²) in [4.78, 5) is 12.0. The van der Waals surface area contributed by atoms with Gasteiger partial charge >= 0.3 is 0 Å². The monoisotopic (exact) mass is 586 g/mol. The Balaban J connectivity index is 1.95. The Morgan fingerprint density at radius 2 is 1.48 bits per heavy atom. The molecule has 3 saturated carbocycles. The average Bonchev–Trinajstić information content (AvgIpc) is 3.16. The van der Waals surface area contributed by atoms with Gasteiger partial charge in [0.2, 0.25) is 0 Å². The van der Waals surface area contributed by atoms with Gasteiger partial charge in [0.15, 0.2) is 16.6 Å². The van der Waals surface area contributed by atoms with Gasteiger partial charge < -0.3 is 13.6 Å². The Labute approximate surface area is 249 Å². The van der Waals surface area contributed by atoms with Gasteiger partial charge in [-0.05, 0) is 103 Å². The summed E-state index contributed by atoms with van der Waals surface area (Å²) in [6.45, 7) is 34.8. The second-order valence-electron chi connectivity index (χ2n) is 17.2. The molecule has 5 heteroatoms. The molecule has 0 aliphatic heterocycles. The Kier molecular flexibility index (Phi) is 9.61. The van der Waals surface area contributed by atoms with Crippen molar-refractivity contribution in [3.8, 4) is 0 Å². The predicted octanol–water partition coefficient (Wildman–Crippen LogP) is 10.4. The molecule has 0 aromatic rings. The molecule has 0 spiro atoms. The van der Waals surface area contributed by atoms with E-state index in [1.807, 2.05) is 0 Å². The first-order chi connectivity index (χ1) is 18.1. The predicted molar refractivity (Wildman–Crippen MR) is 177 cm³/mol. The number of carbonyl (C=O) groups is 1. The van der Waals surface area contributed by atoms with Crippen molar-refractivity contribution in [2.45, 2.75) is 156 Å². The van der Waals surface area contributed by atoms with Crippen molar-refractivity contribution in [3.05, 3.63) is 35.5 Å². The van der Waals surface area contributed by atoms with Crippen molar-refractivity contribution in [2.75, 3.05) is 0 Å². The van der Waals surface area contributed by atoms with Crippen LogP contribution >= 0.6 is 0 Å². The van der Waals surface area contributed by atoms with E-state index in [1.165, 1.54) is 37.5 Å². The molecule has 0 amide bonds. The van der Waals surface area contributed by atoms with E-state index in [2.05, 4.69) is 107 Å². The van der Waals surface area contributed by atoms with E-state index in [0.717, 1.165) is 24.8 Å². The number of rotatable bonds is 7. The average molecular weight is 587 g/mol. The topological polar surface area (TPSA) is 35.5 Å². The van der Waals surface area contributed by atoms with Crippen LogP contribution in [0.15, 0.2) is 35.5 Å². The maximum atomic E-state index is 12.0. The van der Waals surface area contributed by atoms with Crippen LogP contribution < -0.4 is 0 Å². The summed E-state index contributed by atoms with van der Waals surface area (Å²) < 4.78 is 14.1. The van der Waals surface area contributed by atoms with E-state index >= 15 is 0 Å². The summed E-state index contributed by atoms with van der Waals surface area (Å²) in [5.41, 5.74) is 3.99. The number of fused-ring (bicyclic) bond motifs is 1. The lowest BCUT2D eigenvalue weighted by Gasteiger charge is -2.46. The summed E-state index contributed by atoms with van der Waals surface area (Å²) in [7, 11) is -3.90. The highest BCUT2D eigenvalue weighted by Crippen LogP contribution is 2.61. The number of aldehydes is 1. The maximum absolute atomic E-state index is 12.0. The van der Waals surface area contributed by atoms with Crippen molar-refractivity contribution in [3.63, 3.8) is 0 Å². The van der Waals surface area contributed by atoms with E-state index in [9.17, 15) is 4.79 Å². The highest BCUT2D eigenvalue weighted by molar-refractivity contribution is 6.74. The summed E-state index contributed by atoms with van der Waals surface area (Å²) in [6, 6.07) is 0. The standard InChI is InChI=1S/C35H62O3Si2/c1-25-27(18-17-26-16-15-21-35(10)29(26)19-20-31(35)34(8,9)24-36)22-28(37-39(11,12)32(2,3)4)23-30(25)38-40(13,14)33(5,6)7/h17-18,24,28-31H,1,15-16,19-23H2,2-14H3/b26-17+,27-18-/t28?,29?,30?,31?,35-/m0/s1. The van der Waals surface area contributed by atoms with Crippen molar-refractivity contribution in [1.82, 2.24) is 0 Å². The molecule has 0 heterocycles. The van der Waals surface area contributed by atoms with Gasteiger partial charge in [0.05, 0.1) is 12.2 Å². The third-order valence-corrected chi connectivity index (χ3v) is 20.9. The number of allylic oxidation sites excluding steroid dienone is 3. The summed E-state index contributed by atoms with van der Waals surface area (Å²) in [5.74, 6) is 1.02. The molecule has 3 fully saturated rings. The van der Waals surface area contributed by atoms with Crippen molar-refractivity contribution in [2.24, 2.45) is 22.7 Å². The molecule has 0 radical (unpaired) electrons. The molecule has 3 aliphatic carbocycles. The quantitative estimate of drug-likeness (QED) is 0.220. The Bertz CT molecular complexity index is 1020. The largest absolute Gasteiger partial charge is 0.413 e. The Morgan fingerprint density at radius 3 is 2.02 bits per heavy atom. The zero-order valence-corrected chi connectivity index (χ0v) is 30.4. The Hall–Kier alpha value is -0.756. The van der Waals surface area contributed by atoms with Crippen LogP contribution in [-0.4, -0.2) is 35.1 Å². The molecule has 3 nitrogen and oxygen atoms in total. The van der Waals surface area contributed by atoms with E-state index in [-0.39, 0.29) is 33.1 Å². The van der Waals surface area contributed by atoms with Crippen LogP contribution in [0.5, 0.6) is 0 Å². The lowest BCUT2D eigenvalue weighted by atomic mass is 9.58. The summed E-state index contributed by atoms with van der Waals surface area (Å²) in [5, 5.41) is 0.317. The minimum absolute atomic E-state index is 0.00920. The highest BCUT2D eigenvalue weighted by Gasteiger charge is 2.54. The molecule has 0 bridgehead atoms. The molecular formula is C35H62O3Si2. The van der Waals surface area contributed by atoms with E-state index in [1.54, 1.807) is 5.57 Å². The van der Waals surface area contributed by atoms with Crippen LogP contribution in [0.2, 0.25) is 36.3 Å². The van der Waals surface area contributed by atoms with Gasteiger partial charge in [0, 0.05) is 11.8 Å². The second-order valence-corrected chi connectivity index (χ2v) is 26.8. The smallest absolute Gasteiger partial charge is 0.192 e. The molecule has 40 heavy (non-hydrogen) atoms. The van der Waals surface area contributed by atoms with Crippen LogP contribution in [0, 0.1) is 22.7 Å². The van der Waals surface area contributed by atoms with E-state index in [0.29, 0.717) is 11.8 Å². The maximum Gasteiger partial charge on any atom is 0.192 e. The number of hydrogen-bond donors (Lipinski definition) is 0. The van der Waals surface area contributed by atoms with Gasteiger partial charge in [-0.15, -0.1) is 0 Å². The third-order valence-electron chi connectivity index (χ3n) is 11.9. The highest BCUT2D eigenvalue weighted by atomic mass is 28.4. The summed E-state index contributed by atoms with van der Waals surface area (Å²) >= 11 is 0. The zero-order chi connectivity index (χ0) is 30.5. The van der Waals surface area contributed by atoms with Crippen molar-refractivity contribution in [1.29, 1.82) is 0 Å². The molecule has 3 aliphatic rings. The molecule has 4 unspecified atom stereocenters. The van der Waals surface area contributed by atoms with Gasteiger partial charge in [-0.1, -0.05) is 86.6 Å². The molecule has 228 valence electrons. The van der Waals surface area contributed by atoms with Gasteiger partial charge in [0.25, 0.3) is 0 Å². The van der Waals surface area contributed by atoms with Crippen molar-refractivity contribution >= 4 is 22.9 Å². The van der Waals surface area contributed by atoms with Crippen LogP contribution in [0.1, 0.15) is 107 Å². The van der Waals surface area contributed by atoms with Crippen molar-refractivity contribution < 1.29 is 13.6 Å². The SMILES string of the molecule is C=C1/C(=C\C=C2/CCC[C@@]3(C)C2CCC3C(C)(C)C=O)CC(O[Si](C)(C)C(C)(C)C)CC1O[Si](C)(C)C(C)(C)C. The molecule has 0 N–H and O–H groups in total. The molecule has 3 rings (SSSR count). The first-order valence-corrected chi connectivity index (χ1v) is 21.8. The number of carbonyl (C=O) groups excluding carboxylic acids is 1. The molecule has 0 aromatic heterocycles. The lowest BCUT2D eigenvalue weighted by molar-refractivity contribution is -0.120. The number of hydrogen-bond acceptors (Lipinski definition) is 3. The molecular weight excluding hydrogens is 525 g/mol. The lowest BCUT2D eigenvalue weighted by Crippen LogP contribution is -2.49. The third kappa shape index (κ3) is 6.73. The molecule has 0 aromatic carbocycles. The van der Waals surface area contributed by atoms with Crippen LogP contribution in [0.25, 0.3) is 0 Å². The molecule has 5 atom stereocenters. The van der Waals surface area contributed by atoms with Gasteiger partial charge in [0.1, 0.15) is 6.29 Å². The second kappa shape index (κ2) is 11.4. The van der Waals surface area contributed by atoms with Gasteiger partial charge in [-0.25, -0.2) is 0 Å². The fourth-order valence-electron chi connectivity index (χ4n) is 7.31. The summed E-state index contributed by atoms with van der Waals surface area (Å²) in [6.07, 6.45) is 14.0. The zero-order valence-electron chi connectivity index (χ0n) is 28.4. The van der Waals surface area contributed by atoms with E-state index in [4.69, 9.17) is 8.85 Å². The first-order valence-electron chi connectivity index (χ1n) is 16.0. The van der Waals surface area contributed by atoms with Crippen LogP contribution in [0.4, 0.5) is 0 Å². The molecule has 0 saturated heterocycles.